The molecule has 0 bridgehead atoms. The van der Waals surface area contributed by atoms with Crippen LogP contribution in [-0.4, -0.2) is 47.9 Å². The van der Waals surface area contributed by atoms with Gasteiger partial charge in [0, 0.05) is 43.3 Å². The molecule has 1 fully saturated rings. The van der Waals surface area contributed by atoms with Gasteiger partial charge in [0.1, 0.15) is 0 Å². The van der Waals surface area contributed by atoms with Gasteiger partial charge in [-0.15, -0.1) is 0 Å². The number of carbonyl (C=O) groups excluding carboxylic acids is 2. The normalized spacial score (nSPS) is 15.5. The predicted octanol–water partition coefficient (Wildman–Crippen LogP) is 3.45. The molecule has 1 aromatic carbocycles. The van der Waals surface area contributed by atoms with Crippen LogP contribution in [0.3, 0.4) is 0 Å². The number of benzene rings is 1. The van der Waals surface area contributed by atoms with Crippen molar-refractivity contribution in [3.8, 4) is 0 Å². The zero-order chi connectivity index (χ0) is 17.0. The second-order valence-corrected chi connectivity index (χ2v) is 7.48. The van der Waals surface area contributed by atoms with Crippen molar-refractivity contribution in [1.82, 2.24) is 9.80 Å². The molecule has 3 amide bonds. The van der Waals surface area contributed by atoms with Crippen molar-refractivity contribution in [2.75, 3.05) is 31.5 Å². The van der Waals surface area contributed by atoms with Crippen LogP contribution in [0.2, 0.25) is 5.02 Å². The minimum Gasteiger partial charge on any atom is -0.339 e. The highest BCUT2D eigenvalue weighted by atomic mass is 35.5. The summed E-state index contributed by atoms with van der Waals surface area (Å²) in [6.07, 6.45) is 0.529. The van der Waals surface area contributed by atoms with Crippen LogP contribution in [0.15, 0.2) is 24.3 Å². The number of nitrogens with zero attached hydrogens (tertiary/aromatic N) is 2. The zero-order valence-corrected chi connectivity index (χ0v) is 14.7. The fourth-order valence-electron chi connectivity index (χ4n) is 2.49. The van der Waals surface area contributed by atoms with Crippen molar-refractivity contribution in [2.45, 2.75) is 27.2 Å². The van der Waals surface area contributed by atoms with Crippen LogP contribution in [0, 0.1) is 5.41 Å². The first kappa shape index (κ1) is 17.6. The minimum atomic E-state index is -0.157. The highest BCUT2D eigenvalue weighted by molar-refractivity contribution is 6.30. The summed E-state index contributed by atoms with van der Waals surface area (Å²) in [5, 5.41) is 3.42. The van der Waals surface area contributed by atoms with E-state index in [-0.39, 0.29) is 17.4 Å². The van der Waals surface area contributed by atoms with Gasteiger partial charge in [0.15, 0.2) is 0 Å². The van der Waals surface area contributed by atoms with Crippen LogP contribution < -0.4 is 5.32 Å². The molecule has 0 radical (unpaired) electrons. The SMILES string of the molecule is CC(C)(C)CC(=O)N1CCN(C(=O)Nc2cccc(Cl)c2)CC1. The zero-order valence-electron chi connectivity index (χ0n) is 13.9. The quantitative estimate of drug-likeness (QED) is 0.898. The van der Waals surface area contributed by atoms with Crippen molar-refractivity contribution in [1.29, 1.82) is 0 Å². The molecule has 0 saturated carbocycles. The lowest BCUT2D eigenvalue weighted by Crippen LogP contribution is -2.52. The number of urea groups is 1. The van der Waals surface area contributed by atoms with Gasteiger partial charge < -0.3 is 15.1 Å². The Labute approximate surface area is 142 Å². The monoisotopic (exact) mass is 337 g/mol. The van der Waals surface area contributed by atoms with E-state index in [4.69, 9.17) is 11.6 Å². The van der Waals surface area contributed by atoms with Gasteiger partial charge in [-0.3, -0.25) is 4.79 Å². The molecule has 6 heteroatoms. The van der Waals surface area contributed by atoms with Crippen molar-refractivity contribution < 1.29 is 9.59 Å². The topological polar surface area (TPSA) is 52.7 Å². The molecule has 5 nitrogen and oxygen atoms in total. The molecule has 0 aromatic heterocycles. The van der Waals surface area contributed by atoms with Gasteiger partial charge in [-0.2, -0.15) is 0 Å². The van der Waals surface area contributed by atoms with Gasteiger partial charge in [0.2, 0.25) is 5.91 Å². The van der Waals surface area contributed by atoms with Crippen molar-refractivity contribution in [3.05, 3.63) is 29.3 Å². The summed E-state index contributed by atoms with van der Waals surface area (Å²) in [6, 6.07) is 6.91. The Morgan fingerprint density at radius 2 is 1.74 bits per heavy atom. The third-order valence-corrected chi connectivity index (χ3v) is 3.91. The van der Waals surface area contributed by atoms with E-state index in [1.165, 1.54) is 0 Å². The molecule has 2 rings (SSSR count). The highest BCUT2D eigenvalue weighted by Gasteiger charge is 2.26. The molecule has 1 saturated heterocycles. The van der Waals surface area contributed by atoms with Gasteiger partial charge >= 0.3 is 6.03 Å². The van der Waals surface area contributed by atoms with E-state index < -0.39 is 0 Å². The smallest absolute Gasteiger partial charge is 0.321 e. The van der Waals surface area contributed by atoms with E-state index >= 15 is 0 Å². The summed E-state index contributed by atoms with van der Waals surface area (Å²) in [5.74, 6) is 0.160. The van der Waals surface area contributed by atoms with Gasteiger partial charge in [-0.05, 0) is 23.6 Å². The Kier molecular flexibility index (Phi) is 5.52. The number of anilines is 1. The molecule has 1 heterocycles. The fraction of sp³-hybridized carbons (Fsp3) is 0.529. The van der Waals surface area contributed by atoms with Gasteiger partial charge in [-0.1, -0.05) is 38.4 Å². The van der Waals surface area contributed by atoms with E-state index in [1.807, 2.05) is 4.90 Å². The second kappa shape index (κ2) is 7.21. The van der Waals surface area contributed by atoms with Gasteiger partial charge in [0.05, 0.1) is 0 Å². The molecule has 1 aliphatic heterocycles. The van der Waals surface area contributed by atoms with Crippen LogP contribution in [-0.2, 0) is 4.79 Å². The van der Waals surface area contributed by atoms with Crippen LogP contribution in [0.25, 0.3) is 0 Å². The molecule has 0 unspecified atom stereocenters. The number of halogens is 1. The Hall–Kier alpha value is -1.75. The average molecular weight is 338 g/mol. The standard InChI is InChI=1S/C17H24ClN3O2/c1-17(2,3)12-15(22)20-7-9-21(10-8-20)16(23)19-14-6-4-5-13(18)11-14/h4-6,11H,7-10,12H2,1-3H3,(H,19,23). The summed E-state index contributed by atoms with van der Waals surface area (Å²) >= 11 is 5.91. The second-order valence-electron chi connectivity index (χ2n) is 7.05. The molecule has 1 N–H and O–H groups in total. The van der Waals surface area contributed by atoms with Crippen LogP contribution in [0.5, 0.6) is 0 Å². The molecule has 23 heavy (non-hydrogen) atoms. The number of hydrogen-bond donors (Lipinski definition) is 1. The third kappa shape index (κ3) is 5.43. The van der Waals surface area contributed by atoms with Gasteiger partial charge in [0.25, 0.3) is 0 Å². The van der Waals surface area contributed by atoms with E-state index in [0.29, 0.717) is 43.3 Å². The summed E-state index contributed by atoms with van der Waals surface area (Å²) in [4.78, 5) is 28.0. The molecule has 0 spiro atoms. The Balaban J connectivity index is 1.84. The van der Waals surface area contributed by atoms with Crippen molar-refractivity contribution in [2.24, 2.45) is 5.41 Å². The third-order valence-electron chi connectivity index (χ3n) is 3.68. The molecule has 0 aliphatic carbocycles. The molecular weight excluding hydrogens is 314 g/mol. The molecule has 0 atom stereocenters. The first-order chi connectivity index (χ1) is 10.7. The fourth-order valence-corrected chi connectivity index (χ4v) is 2.68. The summed E-state index contributed by atoms with van der Waals surface area (Å²) < 4.78 is 0. The van der Waals surface area contributed by atoms with Crippen LogP contribution in [0.4, 0.5) is 10.5 Å². The number of piperazine rings is 1. The van der Waals surface area contributed by atoms with Crippen LogP contribution in [0.1, 0.15) is 27.2 Å². The maximum absolute atomic E-state index is 12.3. The number of carbonyl (C=O) groups is 2. The number of amides is 3. The number of nitrogens with one attached hydrogen (secondary N) is 1. The predicted molar refractivity (Wildman–Crippen MR) is 92.7 cm³/mol. The van der Waals surface area contributed by atoms with E-state index in [0.717, 1.165) is 0 Å². The summed E-state index contributed by atoms with van der Waals surface area (Å²) in [5.41, 5.74) is 0.659. The van der Waals surface area contributed by atoms with Crippen molar-refractivity contribution >= 4 is 29.2 Å². The van der Waals surface area contributed by atoms with Crippen molar-refractivity contribution in [3.63, 3.8) is 0 Å². The molecule has 1 aliphatic rings. The summed E-state index contributed by atoms with van der Waals surface area (Å²) in [7, 11) is 0. The first-order valence-corrected chi connectivity index (χ1v) is 8.22. The van der Waals surface area contributed by atoms with E-state index in [2.05, 4.69) is 26.1 Å². The lowest BCUT2D eigenvalue weighted by molar-refractivity contribution is -0.134. The summed E-state index contributed by atoms with van der Waals surface area (Å²) in [6.45, 7) is 8.42. The Bertz CT molecular complexity index is 575. The van der Waals surface area contributed by atoms with E-state index in [9.17, 15) is 9.59 Å². The molecular formula is C17H24ClN3O2. The Morgan fingerprint density at radius 3 is 2.30 bits per heavy atom. The molecule has 1 aromatic rings. The number of hydrogen-bond acceptors (Lipinski definition) is 2. The minimum absolute atomic E-state index is 0.0157. The largest absolute Gasteiger partial charge is 0.339 e. The maximum atomic E-state index is 12.3. The van der Waals surface area contributed by atoms with Gasteiger partial charge in [-0.25, -0.2) is 4.79 Å². The lowest BCUT2D eigenvalue weighted by Gasteiger charge is -2.36. The molecule has 126 valence electrons. The highest BCUT2D eigenvalue weighted by Crippen LogP contribution is 2.20. The number of rotatable bonds is 2. The Morgan fingerprint density at radius 1 is 1.13 bits per heavy atom. The maximum Gasteiger partial charge on any atom is 0.321 e. The first-order valence-electron chi connectivity index (χ1n) is 7.84. The van der Waals surface area contributed by atoms with E-state index in [1.54, 1.807) is 29.2 Å². The van der Waals surface area contributed by atoms with Crippen LogP contribution >= 0.6 is 11.6 Å². The lowest BCUT2D eigenvalue weighted by atomic mass is 9.91. The average Bonchev–Trinajstić information content (AvgIpc) is 2.45.